The van der Waals surface area contributed by atoms with Crippen LogP contribution in [0.25, 0.3) is 11.3 Å². The van der Waals surface area contributed by atoms with Crippen LogP contribution in [0.5, 0.6) is 0 Å². The van der Waals surface area contributed by atoms with Crippen LogP contribution in [0.15, 0.2) is 18.2 Å². The van der Waals surface area contributed by atoms with Crippen molar-refractivity contribution < 1.29 is 0 Å². The number of benzene rings is 1. The number of piperidine rings is 1. The monoisotopic (exact) mass is 321 g/mol. The molecule has 0 spiro atoms. The van der Waals surface area contributed by atoms with Crippen molar-refractivity contribution in [2.45, 2.75) is 37.8 Å². The zero-order valence-corrected chi connectivity index (χ0v) is 13.4. The summed E-state index contributed by atoms with van der Waals surface area (Å²) in [5.41, 5.74) is 4.79. The summed E-state index contributed by atoms with van der Waals surface area (Å²) in [4.78, 5) is 0. The van der Waals surface area contributed by atoms with Crippen molar-refractivity contribution in [2.75, 3.05) is 0 Å². The maximum absolute atomic E-state index is 6.17. The molecule has 2 unspecified atom stereocenters. The number of fused-ring (bicyclic) bond motifs is 4. The van der Waals surface area contributed by atoms with Gasteiger partial charge in [-0.3, -0.25) is 4.68 Å². The molecular weight excluding hydrogens is 305 g/mol. The van der Waals surface area contributed by atoms with Crippen LogP contribution in [0.2, 0.25) is 10.0 Å². The molecule has 1 saturated heterocycles. The van der Waals surface area contributed by atoms with Gasteiger partial charge in [0.1, 0.15) is 0 Å². The van der Waals surface area contributed by atoms with Crippen molar-refractivity contribution in [1.29, 1.82) is 0 Å². The summed E-state index contributed by atoms with van der Waals surface area (Å²) in [7, 11) is 2.01. The maximum atomic E-state index is 6.17. The van der Waals surface area contributed by atoms with Crippen molar-refractivity contribution in [3.63, 3.8) is 0 Å². The lowest BCUT2D eigenvalue weighted by molar-refractivity contribution is 0.297. The second-order valence-electron chi connectivity index (χ2n) is 6.05. The summed E-state index contributed by atoms with van der Waals surface area (Å²) >= 11 is 12.3. The standard InChI is InChI=1S/C16H17Cl2N3/c1-21-16(9-5-10(17)7-11(18)6-9)13-8-12-3-2-4-14(19-12)15(13)20-21/h5-7,12,14,19H,2-4,8H2,1H3. The zero-order chi connectivity index (χ0) is 14.6. The second-order valence-corrected chi connectivity index (χ2v) is 6.92. The molecule has 3 nitrogen and oxygen atoms in total. The average Bonchev–Trinajstić information content (AvgIpc) is 2.74. The topological polar surface area (TPSA) is 29.9 Å². The van der Waals surface area contributed by atoms with E-state index in [0.717, 1.165) is 17.7 Å². The summed E-state index contributed by atoms with van der Waals surface area (Å²) in [6.07, 6.45) is 4.76. The van der Waals surface area contributed by atoms with E-state index in [4.69, 9.17) is 28.3 Å². The summed E-state index contributed by atoms with van der Waals surface area (Å²) < 4.78 is 1.98. The van der Waals surface area contributed by atoms with Crippen LogP contribution in [0.3, 0.4) is 0 Å². The molecule has 2 aliphatic heterocycles. The largest absolute Gasteiger partial charge is 0.305 e. The number of halogens is 2. The van der Waals surface area contributed by atoms with Gasteiger partial charge in [0.15, 0.2) is 0 Å². The number of hydrogen-bond acceptors (Lipinski definition) is 2. The van der Waals surface area contributed by atoms with Crippen molar-refractivity contribution in [1.82, 2.24) is 15.1 Å². The zero-order valence-electron chi connectivity index (χ0n) is 11.9. The van der Waals surface area contributed by atoms with Gasteiger partial charge in [-0.1, -0.05) is 23.2 Å². The molecule has 1 aromatic carbocycles. The Kier molecular flexibility index (Phi) is 3.25. The van der Waals surface area contributed by atoms with E-state index < -0.39 is 0 Å². The van der Waals surface area contributed by atoms with Crippen LogP contribution in [-0.2, 0) is 13.5 Å². The minimum absolute atomic E-state index is 0.405. The van der Waals surface area contributed by atoms with Gasteiger partial charge < -0.3 is 5.32 Å². The lowest BCUT2D eigenvalue weighted by Gasteiger charge is -2.35. The molecule has 0 amide bonds. The lowest BCUT2D eigenvalue weighted by Crippen LogP contribution is -2.42. The van der Waals surface area contributed by atoms with E-state index in [9.17, 15) is 0 Å². The first-order valence-electron chi connectivity index (χ1n) is 7.40. The van der Waals surface area contributed by atoms with Gasteiger partial charge >= 0.3 is 0 Å². The molecule has 2 atom stereocenters. The molecule has 21 heavy (non-hydrogen) atoms. The number of aromatic nitrogens is 2. The fraction of sp³-hybridized carbons (Fsp3) is 0.438. The van der Waals surface area contributed by atoms with E-state index in [-0.39, 0.29) is 0 Å². The predicted octanol–water partition coefficient (Wildman–Crippen LogP) is 4.13. The molecule has 1 N–H and O–H groups in total. The van der Waals surface area contributed by atoms with E-state index >= 15 is 0 Å². The first-order valence-corrected chi connectivity index (χ1v) is 8.15. The Morgan fingerprint density at radius 1 is 1.19 bits per heavy atom. The van der Waals surface area contributed by atoms with Gasteiger partial charge in [-0.25, -0.2) is 0 Å². The van der Waals surface area contributed by atoms with E-state index in [0.29, 0.717) is 22.1 Å². The highest BCUT2D eigenvalue weighted by atomic mass is 35.5. The summed E-state index contributed by atoms with van der Waals surface area (Å²) in [6.45, 7) is 0. The summed E-state index contributed by atoms with van der Waals surface area (Å²) in [5.74, 6) is 0. The fourth-order valence-corrected chi connectivity index (χ4v) is 4.29. The molecule has 2 aromatic rings. The molecular formula is C16H17Cl2N3. The van der Waals surface area contributed by atoms with Crippen molar-refractivity contribution in [3.05, 3.63) is 39.5 Å². The predicted molar refractivity (Wildman–Crippen MR) is 85.9 cm³/mol. The van der Waals surface area contributed by atoms with Gasteiger partial charge in [0.2, 0.25) is 0 Å². The van der Waals surface area contributed by atoms with Crippen molar-refractivity contribution in [2.24, 2.45) is 7.05 Å². The molecule has 3 heterocycles. The average molecular weight is 322 g/mol. The first kappa shape index (κ1) is 13.6. The Hall–Kier alpha value is -1.03. The van der Waals surface area contributed by atoms with E-state index in [1.165, 1.54) is 30.5 Å². The van der Waals surface area contributed by atoms with E-state index in [1.807, 2.05) is 23.9 Å². The van der Waals surface area contributed by atoms with Crippen LogP contribution < -0.4 is 5.32 Å². The molecule has 2 aliphatic rings. The summed E-state index contributed by atoms with van der Waals surface area (Å²) in [5, 5.41) is 9.81. The van der Waals surface area contributed by atoms with Crippen LogP contribution >= 0.6 is 23.2 Å². The van der Waals surface area contributed by atoms with Crippen LogP contribution in [0, 0.1) is 0 Å². The molecule has 5 heteroatoms. The van der Waals surface area contributed by atoms with Gasteiger partial charge in [-0.05, 0) is 43.9 Å². The molecule has 0 aliphatic carbocycles. The molecule has 1 aromatic heterocycles. The number of nitrogens with one attached hydrogen (secondary N) is 1. The molecule has 110 valence electrons. The molecule has 0 radical (unpaired) electrons. The quantitative estimate of drug-likeness (QED) is 0.855. The Morgan fingerprint density at radius 2 is 1.95 bits per heavy atom. The normalized spacial score (nSPS) is 24.0. The smallest absolute Gasteiger partial charge is 0.0833 e. The van der Waals surface area contributed by atoms with Gasteiger partial charge in [0.25, 0.3) is 0 Å². The number of nitrogens with zero attached hydrogens (tertiary/aromatic N) is 2. The highest BCUT2D eigenvalue weighted by molar-refractivity contribution is 6.35. The molecule has 1 fully saturated rings. The Morgan fingerprint density at radius 3 is 2.71 bits per heavy atom. The van der Waals surface area contributed by atoms with Crippen molar-refractivity contribution in [3.8, 4) is 11.3 Å². The molecule has 4 rings (SSSR count). The first-order chi connectivity index (χ1) is 10.1. The third-order valence-corrected chi connectivity index (χ3v) is 5.01. The van der Waals surface area contributed by atoms with Gasteiger partial charge in [0.05, 0.1) is 17.4 Å². The Labute approximate surface area is 134 Å². The number of hydrogen-bond donors (Lipinski definition) is 1. The van der Waals surface area contributed by atoms with Crippen LogP contribution in [-0.4, -0.2) is 15.8 Å². The highest BCUT2D eigenvalue weighted by Gasteiger charge is 2.34. The Balaban J connectivity index is 1.88. The van der Waals surface area contributed by atoms with E-state index in [1.54, 1.807) is 6.07 Å². The van der Waals surface area contributed by atoms with E-state index in [2.05, 4.69) is 5.32 Å². The SMILES string of the molecule is Cn1nc2c(c1-c1cc(Cl)cc(Cl)c1)CC1CCCC2N1. The van der Waals surface area contributed by atoms with Crippen molar-refractivity contribution >= 4 is 23.2 Å². The van der Waals surface area contributed by atoms with Gasteiger partial charge in [-0.15, -0.1) is 0 Å². The number of aryl methyl sites for hydroxylation is 1. The minimum Gasteiger partial charge on any atom is -0.305 e. The maximum Gasteiger partial charge on any atom is 0.0833 e. The van der Waals surface area contributed by atoms with Gasteiger partial charge in [-0.2, -0.15) is 5.10 Å². The highest BCUT2D eigenvalue weighted by Crippen LogP contribution is 2.39. The third kappa shape index (κ3) is 2.28. The fourth-order valence-electron chi connectivity index (χ4n) is 3.76. The molecule has 2 bridgehead atoms. The molecule has 0 saturated carbocycles. The van der Waals surface area contributed by atoms with Crippen LogP contribution in [0.1, 0.15) is 36.6 Å². The Bertz CT molecular complexity index is 688. The minimum atomic E-state index is 0.405. The van der Waals surface area contributed by atoms with Gasteiger partial charge in [0, 0.05) is 34.3 Å². The van der Waals surface area contributed by atoms with Crippen LogP contribution in [0.4, 0.5) is 0 Å². The summed E-state index contributed by atoms with van der Waals surface area (Å²) in [6, 6.07) is 6.70. The number of rotatable bonds is 1. The third-order valence-electron chi connectivity index (χ3n) is 4.58. The lowest BCUT2D eigenvalue weighted by atomic mass is 9.84. The second kappa shape index (κ2) is 5.01.